The molecule has 0 spiro atoms. The predicted molar refractivity (Wildman–Crippen MR) is 289 cm³/mol. The Bertz CT molecular complexity index is 3000. The molecule has 0 bridgehead atoms. The van der Waals surface area contributed by atoms with Crippen molar-refractivity contribution in [3.05, 3.63) is 148 Å². The molecule has 0 saturated carbocycles. The van der Waals surface area contributed by atoms with Crippen LogP contribution in [0, 0.1) is 34.6 Å². The van der Waals surface area contributed by atoms with Crippen molar-refractivity contribution in [2.75, 3.05) is 6.26 Å². The largest absolute Gasteiger partial charge is 1.00 e. The van der Waals surface area contributed by atoms with Gasteiger partial charge in [0.1, 0.15) is 5.69 Å². The maximum absolute atomic E-state index is 13.3. The number of carbonyl (C=O) groups is 2. The van der Waals surface area contributed by atoms with Crippen molar-refractivity contribution >= 4 is 44.8 Å². The zero-order valence-electron chi connectivity index (χ0n) is 52.3. The summed E-state index contributed by atoms with van der Waals surface area (Å²) >= 11 is -0.139. The third-order valence-corrected chi connectivity index (χ3v) is 12.2. The standard InChI is InChI=1S/C12H18F3NOSi.C10H9F6N.C10H12F3NO3S.C9H10F3NO.C8H9NO.CH2O3.3CH3.Al.2K.H/c1-9-6-7-16-10(8-9)11(2,12(13,14)15)17-18(3,4)5;1-6-3-4-17-7(5-6)8(2,9(11,12)13)10(14,15)16;1-7-4-5-14-8(6-7)9(2,10(11,12)13)17-18(3,15)16;1-6-3-4-13-7(5-6)8(2,14)9(10,11)12;1-6-3-4-9-8(5-6)7(2)10;2-1-4-3;;;;;;;/h6-8H,1-5H3;3-5H,1-2H3;4-6H,1-3H3;3-5,14H,1-2H3;3-5H,1-2H3;1,3H;3*1H3;;;;/q;;;;;;;;;;2*+1;-1/p-1. The van der Waals surface area contributed by atoms with Gasteiger partial charge in [-0.15, -0.1) is 17.4 Å². The first-order chi connectivity index (χ1) is 38.0. The van der Waals surface area contributed by atoms with E-state index < -0.39 is 82.9 Å². The molecule has 3 unspecified atom stereocenters. The van der Waals surface area contributed by atoms with Gasteiger partial charge < -0.3 is 21.1 Å². The number of halogens is 15. The molecule has 34 heteroatoms. The van der Waals surface area contributed by atoms with Crippen LogP contribution in [0.3, 0.4) is 0 Å². The van der Waals surface area contributed by atoms with Crippen molar-refractivity contribution in [2.45, 2.75) is 159 Å². The zero-order valence-corrected chi connectivity index (χ0v) is 60.6. The third kappa shape index (κ3) is 31.2. The van der Waals surface area contributed by atoms with Crippen LogP contribution < -0.4 is 108 Å². The minimum atomic E-state index is -5.45. The number of carbonyl (C=O) groups excluding carboxylic acids is 2. The van der Waals surface area contributed by atoms with E-state index in [0.717, 1.165) is 36.4 Å². The van der Waals surface area contributed by atoms with Crippen molar-refractivity contribution in [1.82, 2.24) is 24.9 Å². The molecular formula is C53H69AlF15K2N5O9SSi. The van der Waals surface area contributed by atoms with Gasteiger partial charge in [0.2, 0.25) is 5.60 Å². The number of rotatable bonds is 10. The second kappa shape index (κ2) is 37.4. The Morgan fingerprint density at radius 1 is 0.552 bits per heavy atom. The van der Waals surface area contributed by atoms with E-state index in [2.05, 4.69) is 51.3 Å². The smallest absolute Gasteiger partial charge is 1.00 e. The van der Waals surface area contributed by atoms with Crippen LogP contribution in [0.25, 0.3) is 0 Å². The molecule has 5 aromatic heterocycles. The van der Waals surface area contributed by atoms with Gasteiger partial charge in [-0.2, -0.15) is 74.3 Å². The van der Waals surface area contributed by atoms with E-state index >= 15 is 0 Å². The first kappa shape index (κ1) is 91.1. The maximum atomic E-state index is 13.3. The van der Waals surface area contributed by atoms with Gasteiger partial charge in [-0.25, -0.2) is 4.18 Å². The summed E-state index contributed by atoms with van der Waals surface area (Å²) in [5.74, 6) is 6.93. The molecule has 0 aliphatic rings. The van der Waals surface area contributed by atoms with Gasteiger partial charge in [-0.05, 0) is 170 Å². The molecule has 0 saturated heterocycles. The number of pyridine rings is 5. The number of hydrogen-bond acceptors (Lipinski definition) is 14. The molecule has 87 heavy (non-hydrogen) atoms. The van der Waals surface area contributed by atoms with E-state index in [9.17, 15) is 84.2 Å². The van der Waals surface area contributed by atoms with E-state index in [0.29, 0.717) is 36.9 Å². The van der Waals surface area contributed by atoms with Gasteiger partial charge in [-0.3, -0.25) is 34.5 Å². The molecule has 0 amide bonds. The zero-order chi connectivity index (χ0) is 67.4. The Labute approximate surface area is 588 Å². The first-order valence-corrected chi connectivity index (χ1v) is 33.2. The fraction of sp³-hybridized carbons (Fsp3) is 0.491. The van der Waals surface area contributed by atoms with E-state index in [-0.39, 0.29) is 154 Å². The molecule has 1 N–H and O–H groups in total. The molecule has 3 atom stereocenters. The molecule has 5 heterocycles. The van der Waals surface area contributed by atoms with Crippen LogP contribution in [0.2, 0.25) is 37.0 Å². The normalized spacial score (nSPS) is 13.8. The van der Waals surface area contributed by atoms with Gasteiger partial charge in [-0.1, -0.05) is 0 Å². The van der Waals surface area contributed by atoms with Crippen molar-refractivity contribution in [1.29, 1.82) is 0 Å². The maximum Gasteiger partial charge on any atom is 1.00 e. The van der Waals surface area contributed by atoms with E-state index in [4.69, 9.17) is 14.5 Å². The first-order valence-electron chi connectivity index (χ1n) is 24.6. The average Bonchev–Trinajstić information content (AvgIpc) is 3.31. The van der Waals surface area contributed by atoms with Gasteiger partial charge >= 0.3 is 134 Å². The van der Waals surface area contributed by atoms with Crippen LogP contribution in [-0.4, -0.2) is 110 Å². The quantitative estimate of drug-likeness (QED) is 0.0272. The van der Waals surface area contributed by atoms with E-state index in [1.807, 2.05) is 13.0 Å². The number of ketones is 1. The second-order valence-corrected chi connectivity index (χ2v) is 30.3. The fourth-order valence-corrected chi connectivity index (χ4v) is 8.17. The Kier molecular flexibility index (Phi) is 39.1. The van der Waals surface area contributed by atoms with Gasteiger partial charge in [0.25, 0.3) is 30.7 Å². The molecule has 0 radical (unpaired) electrons. The molecule has 14 nitrogen and oxygen atoms in total. The minimum Gasteiger partial charge on any atom is -1.00 e. The summed E-state index contributed by atoms with van der Waals surface area (Å²) in [6.45, 7) is 17.3. The Morgan fingerprint density at radius 3 is 1.07 bits per heavy atom. The van der Waals surface area contributed by atoms with Crippen LogP contribution in [-0.2, 0) is 50.6 Å². The Morgan fingerprint density at radius 2 is 0.828 bits per heavy atom. The number of aromatic nitrogens is 5. The summed E-state index contributed by atoms with van der Waals surface area (Å²) in [6.07, 6.45) is -18.1. The number of aliphatic hydroxyl groups is 1. The Balaban J connectivity index is -0.000000316. The molecule has 0 aliphatic carbocycles. The summed E-state index contributed by atoms with van der Waals surface area (Å²) in [7, 11) is -6.65. The van der Waals surface area contributed by atoms with Gasteiger partial charge in [0.05, 0.1) is 29.0 Å². The van der Waals surface area contributed by atoms with Crippen LogP contribution in [0.4, 0.5) is 65.9 Å². The van der Waals surface area contributed by atoms with E-state index in [1.165, 1.54) is 56.7 Å². The van der Waals surface area contributed by atoms with Crippen LogP contribution in [0.5, 0.6) is 0 Å². The second-order valence-electron chi connectivity index (χ2n) is 20.8. The molecule has 5 aromatic rings. The van der Waals surface area contributed by atoms with E-state index in [1.54, 1.807) is 64.8 Å². The summed E-state index contributed by atoms with van der Waals surface area (Å²) in [5, 5.41) is 17.7. The topological polar surface area (TPSA) is 204 Å². The van der Waals surface area contributed by atoms with Crippen LogP contribution in [0.15, 0.2) is 91.6 Å². The number of Topliss-reactive ketones (excluding diaryl/α,β-unsaturated/α-hetero) is 1. The third-order valence-electron chi connectivity index (χ3n) is 10.6. The Hall–Kier alpha value is -2.35. The fourth-order valence-electron chi connectivity index (χ4n) is 5.94. The van der Waals surface area contributed by atoms with Crippen molar-refractivity contribution in [2.24, 2.45) is 0 Å². The van der Waals surface area contributed by atoms with Crippen LogP contribution in [0.1, 0.15) is 97.1 Å². The molecular weight excluding hydrogens is 1300 g/mol. The number of hydrogen-bond donors (Lipinski definition) is 1. The summed E-state index contributed by atoms with van der Waals surface area (Å²) in [4.78, 5) is 40.0. The number of nitrogens with zero attached hydrogens (tertiary/aromatic N) is 5. The monoisotopic (exact) mass is 1370 g/mol. The molecule has 0 fully saturated rings. The van der Waals surface area contributed by atoms with Gasteiger partial charge in [0.15, 0.2) is 30.7 Å². The van der Waals surface area contributed by atoms with Gasteiger partial charge in [0, 0.05) is 37.9 Å². The number of aryl methyl sites for hydroxylation is 5. The predicted octanol–water partition coefficient (Wildman–Crippen LogP) is 7.61. The van der Waals surface area contributed by atoms with Crippen molar-refractivity contribution in [3.63, 3.8) is 0 Å². The SMILES string of the molecule is CC(=O)c1cc(C)ccn1.Cc1ccnc(C(C)(C(F)(F)F)C(F)(F)F)c1.Cc1ccnc(C(C)(O)C(F)(F)F)c1.Cc1ccnc(C(C)(OS(C)(=O)=O)C(F)(F)F)c1.Cc1ccnc(C(C)(O[Si](C)(C)C)C(F)(F)F)c1.O=CO[O-].[CH3][Al]([CH3])[CH3].[H-].[K+].[K+]. The average molecular weight is 1370 g/mol. The van der Waals surface area contributed by atoms with Crippen molar-refractivity contribution < 1.29 is 212 Å². The summed E-state index contributed by atoms with van der Waals surface area (Å²) in [5.41, 5.74) is -10.4. The van der Waals surface area contributed by atoms with Crippen molar-refractivity contribution in [3.8, 4) is 0 Å². The summed E-state index contributed by atoms with van der Waals surface area (Å²) < 4.78 is 224. The molecule has 5 rings (SSSR count). The molecule has 480 valence electrons. The molecule has 0 aromatic carbocycles. The number of alkyl halides is 15. The van der Waals surface area contributed by atoms with Crippen LogP contribution >= 0.6 is 0 Å². The molecule has 0 aliphatic heterocycles. The summed E-state index contributed by atoms with van der Waals surface area (Å²) in [6, 6.07) is 14.3. The minimum absolute atomic E-state index is 0.